The van der Waals surface area contributed by atoms with E-state index in [1.165, 1.54) is 13.3 Å². The highest BCUT2D eigenvalue weighted by atomic mass is 16.5. The summed E-state index contributed by atoms with van der Waals surface area (Å²) in [6.45, 7) is 0.201. The van der Waals surface area contributed by atoms with Crippen LogP contribution in [0.1, 0.15) is 21.5 Å². The van der Waals surface area contributed by atoms with Crippen molar-refractivity contribution in [3.8, 4) is 17.2 Å². The van der Waals surface area contributed by atoms with Crippen molar-refractivity contribution in [2.75, 3.05) is 19.0 Å². The molecule has 0 spiro atoms. The molecular formula is C30H27N3O5. The Balaban J connectivity index is 1.33. The SMILES string of the molecule is COc1cc(C(=O)N/N=C/c2ccccc2OCC(=O)Nc2ccccc2)ccc1OCc1ccccc1. The molecule has 192 valence electrons. The van der Waals surface area contributed by atoms with Gasteiger partial charge in [-0.15, -0.1) is 0 Å². The van der Waals surface area contributed by atoms with Crippen molar-refractivity contribution < 1.29 is 23.8 Å². The third-order valence-electron chi connectivity index (χ3n) is 5.37. The van der Waals surface area contributed by atoms with Crippen LogP contribution in [0.4, 0.5) is 5.69 Å². The monoisotopic (exact) mass is 509 g/mol. The molecule has 8 nitrogen and oxygen atoms in total. The van der Waals surface area contributed by atoms with Crippen molar-refractivity contribution in [3.63, 3.8) is 0 Å². The molecule has 0 aliphatic rings. The highest BCUT2D eigenvalue weighted by molar-refractivity contribution is 5.96. The molecule has 0 aromatic heterocycles. The number of hydrazone groups is 1. The van der Waals surface area contributed by atoms with Gasteiger partial charge in [0.15, 0.2) is 18.1 Å². The summed E-state index contributed by atoms with van der Waals surface area (Å²) in [5, 5.41) is 6.81. The van der Waals surface area contributed by atoms with Crippen LogP contribution < -0.4 is 25.0 Å². The molecule has 2 amide bonds. The third kappa shape index (κ3) is 7.44. The van der Waals surface area contributed by atoms with Gasteiger partial charge in [-0.3, -0.25) is 9.59 Å². The summed E-state index contributed by atoms with van der Waals surface area (Å²) in [5.41, 5.74) is 5.16. The standard InChI is InChI=1S/C30H27N3O5/c1-36-28-18-23(16-17-27(28)37-20-22-10-4-2-5-11-22)30(35)33-31-19-24-12-8-9-15-26(24)38-21-29(34)32-25-13-6-3-7-14-25/h2-19H,20-21H2,1H3,(H,32,34)(H,33,35)/b31-19+. The van der Waals surface area contributed by atoms with Crippen LogP contribution >= 0.6 is 0 Å². The average Bonchev–Trinajstić information content (AvgIpc) is 2.96. The molecule has 0 bridgehead atoms. The first-order chi connectivity index (χ1) is 18.6. The van der Waals surface area contributed by atoms with E-state index in [4.69, 9.17) is 14.2 Å². The van der Waals surface area contributed by atoms with Gasteiger partial charge in [-0.25, -0.2) is 5.43 Å². The Kier molecular flexibility index (Phi) is 9.07. The van der Waals surface area contributed by atoms with E-state index in [1.54, 1.807) is 54.6 Å². The van der Waals surface area contributed by atoms with Crippen molar-refractivity contribution >= 4 is 23.7 Å². The van der Waals surface area contributed by atoms with Crippen LogP contribution in [0.5, 0.6) is 17.2 Å². The molecule has 0 fully saturated rings. The molecule has 0 radical (unpaired) electrons. The van der Waals surface area contributed by atoms with E-state index in [0.717, 1.165) is 5.56 Å². The first kappa shape index (κ1) is 26.0. The molecule has 0 heterocycles. The number of para-hydroxylation sites is 2. The van der Waals surface area contributed by atoms with E-state index in [-0.39, 0.29) is 12.5 Å². The number of carbonyl (C=O) groups is 2. The molecule has 4 rings (SSSR count). The minimum atomic E-state index is -0.421. The summed E-state index contributed by atoms with van der Waals surface area (Å²) in [6.07, 6.45) is 1.46. The van der Waals surface area contributed by atoms with E-state index in [0.29, 0.717) is 40.7 Å². The molecule has 8 heteroatoms. The predicted molar refractivity (Wildman–Crippen MR) is 146 cm³/mol. The first-order valence-electron chi connectivity index (χ1n) is 11.9. The Morgan fingerprint density at radius 3 is 2.26 bits per heavy atom. The Hall–Kier alpha value is -5.11. The molecule has 0 saturated heterocycles. The van der Waals surface area contributed by atoms with Crippen LogP contribution in [0.2, 0.25) is 0 Å². The van der Waals surface area contributed by atoms with Gasteiger partial charge in [-0.1, -0.05) is 60.7 Å². The fraction of sp³-hybridized carbons (Fsp3) is 0.100. The lowest BCUT2D eigenvalue weighted by molar-refractivity contribution is -0.118. The van der Waals surface area contributed by atoms with Crippen molar-refractivity contribution in [2.45, 2.75) is 6.61 Å². The molecule has 0 aliphatic heterocycles. The summed E-state index contributed by atoms with van der Waals surface area (Å²) in [7, 11) is 1.52. The molecule has 4 aromatic rings. The number of hydrogen-bond acceptors (Lipinski definition) is 6. The van der Waals surface area contributed by atoms with Gasteiger partial charge in [0.05, 0.1) is 13.3 Å². The maximum Gasteiger partial charge on any atom is 0.271 e. The molecule has 0 unspecified atom stereocenters. The number of methoxy groups -OCH3 is 1. The third-order valence-corrected chi connectivity index (χ3v) is 5.37. The first-order valence-corrected chi connectivity index (χ1v) is 11.9. The molecule has 0 saturated carbocycles. The van der Waals surface area contributed by atoms with Gasteiger partial charge in [-0.2, -0.15) is 5.10 Å². The van der Waals surface area contributed by atoms with Gasteiger partial charge < -0.3 is 19.5 Å². The van der Waals surface area contributed by atoms with Gasteiger partial charge in [0.1, 0.15) is 12.4 Å². The zero-order chi connectivity index (χ0) is 26.6. The molecule has 38 heavy (non-hydrogen) atoms. The average molecular weight is 510 g/mol. The van der Waals surface area contributed by atoms with Gasteiger partial charge in [0.2, 0.25) is 0 Å². The lowest BCUT2D eigenvalue weighted by Crippen LogP contribution is -2.20. The highest BCUT2D eigenvalue weighted by Gasteiger charge is 2.12. The van der Waals surface area contributed by atoms with Gasteiger partial charge in [-0.05, 0) is 48.0 Å². The smallest absolute Gasteiger partial charge is 0.271 e. The van der Waals surface area contributed by atoms with Gasteiger partial charge in [0, 0.05) is 16.8 Å². The van der Waals surface area contributed by atoms with E-state index >= 15 is 0 Å². The van der Waals surface area contributed by atoms with Crippen molar-refractivity contribution in [1.29, 1.82) is 0 Å². The highest BCUT2D eigenvalue weighted by Crippen LogP contribution is 2.29. The van der Waals surface area contributed by atoms with E-state index < -0.39 is 5.91 Å². The fourth-order valence-corrected chi connectivity index (χ4v) is 3.47. The number of ether oxygens (including phenoxy) is 3. The Labute approximate surface area is 220 Å². The molecular weight excluding hydrogens is 482 g/mol. The Morgan fingerprint density at radius 2 is 1.50 bits per heavy atom. The summed E-state index contributed by atoms with van der Waals surface area (Å²) in [6, 6.07) is 30.9. The Morgan fingerprint density at radius 1 is 0.789 bits per heavy atom. The van der Waals surface area contributed by atoms with Crippen LogP contribution in [0.3, 0.4) is 0 Å². The van der Waals surface area contributed by atoms with Crippen LogP contribution in [0.25, 0.3) is 0 Å². The van der Waals surface area contributed by atoms with E-state index in [9.17, 15) is 9.59 Å². The summed E-state index contributed by atoms with van der Waals surface area (Å²) >= 11 is 0. The molecule has 0 atom stereocenters. The molecule has 2 N–H and O–H groups in total. The molecule has 0 aliphatic carbocycles. The number of hydrogen-bond donors (Lipinski definition) is 2. The second-order valence-electron chi connectivity index (χ2n) is 8.08. The number of nitrogens with one attached hydrogen (secondary N) is 2. The van der Waals surface area contributed by atoms with Gasteiger partial charge in [0.25, 0.3) is 11.8 Å². The second kappa shape index (κ2) is 13.3. The Bertz CT molecular complexity index is 1390. The van der Waals surface area contributed by atoms with Crippen LogP contribution in [0.15, 0.2) is 108 Å². The van der Waals surface area contributed by atoms with Crippen molar-refractivity contribution in [2.24, 2.45) is 5.10 Å². The van der Waals surface area contributed by atoms with Crippen LogP contribution in [-0.4, -0.2) is 31.7 Å². The van der Waals surface area contributed by atoms with E-state index in [2.05, 4.69) is 15.8 Å². The quantitative estimate of drug-likeness (QED) is 0.218. The number of carbonyl (C=O) groups excluding carboxylic acids is 2. The number of nitrogens with zero attached hydrogens (tertiary/aromatic N) is 1. The lowest BCUT2D eigenvalue weighted by Gasteiger charge is -2.12. The summed E-state index contributed by atoms with van der Waals surface area (Å²) in [4.78, 5) is 24.9. The second-order valence-corrected chi connectivity index (χ2v) is 8.08. The normalized spacial score (nSPS) is 10.6. The minimum absolute atomic E-state index is 0.176. The summed E-state index contributed by atoms with van der Waals surface area (Å²) < 4.78 is 16.9. The topological polar surface area (TPSA) is 98.3 Å². The fourth-order valence-electron chi connectivity index (χ4n) is 3.47. The summed E-state index contributed by atoms with van der Waals surface area (Å²) in [5.74, 6) is 0.704. The van der Waals surface area contributed by atoms with Crippen molar-refractivity contribution in [3.05, 3.63) is 120 Å². The van der Waals surface area contributed by atoms with Gasteiger partial charge >= 0.3 is 0 Å². The van der Waals surface area contributed by atoms with Crippen LogP contribution in [0, 0.1) is 0 Å². The van der Waals surface area contributed by atoms with Crippen LogP contribution in [-0.2, 0) is 11.4 Å². The molecule has 4 aromatic carbocycles. The lowest BCUT2D eigenvalue weighted by atomic mass is 10.2. The zero-order valence-electron chi connectivity index (χ0n) is 20.8. The number of anilines is 1. The zero-order valence-corrected chi connectivity index (χ0v) is 20.8. The minimum Gasteiger partial charge on any atom is -0.493 e. The maximum atomic E-state index is 12.7. The number of amides is 2. The largest absolute Gasteiger partial charge is 0.493 e. The number of rotatable bonds is 11. The predicted octanol–water partition coefficient (Wildman–Crippen LogP) is 5.06. The maximum absolute atomic E-state index is 12.7. The number of benzene rings is 4. The van der Waals surface area contributed by atoms with Crippen molar-refractivity contribution in [1.82, 2.24) is 5.43 Å². The van der Waals surface area contributed by atoms with E-state index in [1.807, 2.05) is 48.5 Å².